The molecular formula is C16H18FN3. The van der Waals surface area contributed by atoms with E-state index in [0.29, 0.717) is 0 Å². The first kappa shape index (κ1) is 13.1. The molecule has 3 rings (SSSR count). The second kappa shape index (κ2) is 5.59. The Morgan fingerprint density at radius 2 is 1.95 bits per heavy atom. The van der Waals surface area contributed by atoms with Gasteiger partial charge in [0.1, 0.15) is 5.82 Å². The fraction of sp³-hybridized carbons (Fsp3) is 0.312. The maximum Gasteiger partial charge on any atom is 0.146 e. The maximum atomic E-state index is 13.3. The molecule has 0 bridgehead atoms. The van der Waals surface area contributed by atoms with Crippen molar-refractivity contribution in [3.63, 3.8) is 0 Å². The Morgan fingerprint density at radius 3 is 2.60 bits per heavy atom. The Morgan fingerprint density at radius 1 is 1.20 bits per heavy atom. The largest absolute Gasteiger partial charge is 0.396 e. The molecule has 1 aliphatic carbocycles. The highest BCUT2D eigenvalue weighted by Gasteiger charge is 2.23. The molecule has 4 heteroatoms. The topological polar surface area (TPSA) is 50.9 Å². The third kappa shape index (κ3) is 2.96. The quantitative estimate of drug-likeness (QED) is 0.822. The van der Waals surface area contributed by atoms with Crippen LogP contribution in [0.3, 0.4) is 0 Å². The highest BCUT2D eigenvalue weighted by Crippen LogP contribution is 2.30. The Bertz CT molecular complexity index is 582. The van der Waals surface area contributed by atoms with E-state index in [4.69, 9.17) is 5.73 Å². The fourth-order valence-electron chi connectivity index (χ4n) is 2.33. The number of nitrogens with one attached hydrogen (secondary N) is 1. The lowest BCUT2D eigenvalue weighted by Crippen LogP contribution is -2.24. The van der Waals surface area contributed by atoms with Crippen LogP contribution < -0.4 is 11.1 Å². The number of benzene rings is 1. The number of nitrogens with two attached hydrogens (primary N) is 1. The van der Waals surface area contributed by atoms with Crippen LogP contribution in [0.1, 0.15) is 30.0 Å². The van der Waals surface area contributed by atoms with Crippen molar-refractivity contribution in [1.82, 2.24) is 10.3 Å². The Kier molecular flexibility index (Phi) is 3.65. The number of halogens is 1. The molecule has 0 saturated heterocycles. The number of hydrogen-bond acceptors (Lipinski definition) is 3. The molecule has 3 nitrogen and oxygen atoms in total. The van der Waals surface area contributed by atoms with Crippen molar-refractivity contribution in [2.24, 2.45) is 5.92 Å². The summed E-state index contributed by atoms with van der Waals surface area (Å²) >= 11 is 0. The molecule has 0 aliphatic heterocycles. The van der Waals surface area contributed by atoms with Gasteiger partial charge < -0.3 is 11.1 Å². The molecule has 3 N–H and O–H groups in total. The van der Waals surface area contributed by atoms with Crippen LogP contribution in [0, 0.1) is 11.7 Å². The highest BCUT2D eigenvalue weighted by molar-refractivity contribution is 5.45. The molecule has 1 heterocycles. The van der Waals surface area contributed by atoms with E-state index >= 15 is 0 Å². The summed E-state index contributed by atoms with van der Waals surface area (Å²) in [5.74, 6) is 0.404. The molecule has 0 amide bonds. The molecule has 2 aromatic rings. The molecule has 1 atom stereocenters. The van der Waals surface area contributed by atoms with E-state index < -0.39 is 0 Å². The van der Waals surface area contributed by atoms with E-state index in [1.54, 1.807) is 24.5 Å². The Labute approximate surface area is 118 Å². The van der Waals surface area contributed by atoms with Crippen molar-refractivity contribution < 1.29 is 4.39 Å². The zero-order valence-electron chi connectivity index (χ0n) is 11.2. The zero-order valence-corrected chi connectivity index (χ0v) is 11.2. The highest BCUT2D eigenvalue weighted by atomic mass is 19.1. The van der Waals surface area contributed by atoms with Crippen LogP contribution >= 0.6 is 0 Å². The predicted molar refractivity (Wildman–Crippen MR) is 77.6 cm³/mol. The van der Waals surface area contributed by atoms with Crippen LogP contribution in [0.4, 0.5) is 10.1 Å². The Hall–Kier alpha value is -1.94. The number of nitrogen functional groups attached to an aromatic ring is 1. The first-order valence-corrected chi connectivity index (χ1v) is 6.92. The van der Waals surface area contributed by atoms with E-state index in [-0.39, 0.29) is 17.5 Å². The molecule has 104 valence electrons. The molecule has 0 radical (unpaired) electrons. The van der Waals surface area contributed by atoms with Crippen molar-refractivity contribution in [3.05, 3.63) is 59.7 Å². The number of anilines is 1. The summed E-state index contributed by atoms with van der Waals surface area (Å²) in [6.45, 7) is 0.976. The summed E-state index contributed by atoms with van der Waals surface area (Å²) in [5.41, 5.74) is 7.98. The number of pyridine rings is 1. The van der Waals surface area contributed by atoms with Crippen LogP contribution in [0.15, 0.2) is 42.7 Å². The molecule has 0 spiro atoms. The SMILES string of the molecule is Nc1cc(C(NCC2CC2)c2ccncc2)ccc1F. The minimum absolute atomic E-state index is 0.0292. The molecule has 1 aromatic heterocycles. The third-order valence-corrected chi connectivity index (χ3v) is 3.70. The van der Waals surface area contributed by atoms with Crippen molar-refractivity contribution >= 4 is 5.69 Å². The minimum atomic E-state index is -0.371. The van der Waals surface area contributed by atoms with E-state index in [1.807, 2.05) is 12.1 Å². The van der Waals surface area contributed by atoms with Gasteiger partial charge >= 0.3 is 0 Å². The summed E-state index contributed by atoms with van der Waals surface area (Å²) in [4.78, 5) is 4.05. The normalized spacial score (nSPS) is 16.1. The van der Waals surface area contributed by atoms with Crippen LogP contribution in [0.2, 0.25) is 0 Å². The summed E-state index contributed by atoms with van der Waals surface area (Å²) in [6.07, 6.45) is 6.13. The lowest BCUT2D eigenvalue weighted by molar-refractivity contribution is 0.571. The number of rotatable bonds is 5. The number of hydrogen-bond donors (Lipinski definition) is 2. The van der Waals surface area contributed by atoms with Gasteiger partial charge in [-0.15, -0.1) is 0 Å². The average molecular weight is 271 g/mol. The maximum absolute atomic E-state index is 13.3. The first-order chi connectivity index (χ1) is 9.74. The number of nitrogens with zero attached hydrogens (tertiary/aromatic N) is 1. The van der Waals surface area contributed by atoms with Gasteiger partial charge in [0.2, 0.25) is 0 Å². The van der Waals surface area contributed by atoms with Crippen molar-refractivity contribution in [2.45, 2.75) is 18.9 Å². The summed E-state index contributed by atoms with van der Waals surface area (Å²) in [7, 11) is 0. The lowest BCUT2D eigenvalue weighted by Gasteiger charge is -2.20. The second-order valence-electron chi connectivity index (χ2n) is 5.35. The molecule has 1 unspecified atom stereocenters. The molecule has 1 fully saturated rings. The monoisotopic (exact) mass is 271 g/mol. The van der Waals surface area contributed by atoms with Gasteiger partial charge in [-0.05, 0) is 60.7 Å². The predicted octanol–water partition coefficient (Wildman–Crippen LogP) is 2.89. The fourth-order valence-corrected chi connectivity index (χ4v) is 2.33. The number of aromatic nitrogens is 1. The van der Waals surface area contributed by atoms with Gasteiger partial charge in [0.25, 0.3) is 0 Å². The summed E-state index contributed by atoms with van der Waals surface area (Å²) in [5, 5.41) is 3.56. The molecule has 1 aromatic carbocycles. The van der Waals surface area contributed by atoms with Gasteiger partial charge in [-0.1, -0.05) is 6.07 Å². The van der Waals surface area contributed by atoms with Gasteiger partial charge in [0, 0.05) is 12.4 Å². The molecule has 1 saturated carbocycles. The lowest BCUT2D eigenvalue weighted by atomic mass is 9.99. The van der Waals surface area contributed by atoms with E-state index in [2.05, 4.69) is 10.3 Å². The van der Waals surface area contributed by atoms with Gasteiger partial charge in [0.05, 0.1) is 11.7 Å². The standard InChI is InChI=1S/C16H18FN3/c17-14-4-3-13(9-15(14)18)16(20-10-11-1-2-11)12-5-7-19-8-6-12/h3-9,11,16,20H,1-2,10,18H2. The first-order valence-electron chi connectivity index (χ1n) is 6.92. The third-order valence-electron chi connectivity index (χ3n) is 3.70. The summed E-state index contributed by atoms with van der Waals surface area (Å²) < 4.78 is 13.3. The zero-order chi connectivity index (χ0) is 13.9. The smallest absolute Gasteiger partial charge is 0.146 e. The van der Waals surface area contributed by atoms with E-state index in [9.17, 15) is 4.39 Å². The van der Waals surface area contributed by atoms with Crippen LogP contribution in [-0.2, 0) is 0 Å². The summed E-state index contributed by atoms with van der Waals surface area (Å²) in [6, 6.07) is 8.91. The second-order valence-corrected chi connectivity index (χ2v) is 5.35. The van der Waals surface area contributed by atoms with Crippen molar-refractivity contribution in [3.8, 4) is 0 Å². The van der Waals surface area contributed by atoms with Crippen LogP contribution in [0.25, 0.3) is 0 Å². The van der Waals surface area contributed by atoms with Crippen LogP contribution in [0.5, 0.6) is 0 Å². The molecular weight excluding hydrogens is 253 g/mol. The molecule has 1 aliphatic rings. The van der Waals surface area contributed by atoms with Gasteiger partial charge in [-0.3, -0.25) is 4.98 Å². The van der Waals surface area contributed by atoms with Crippen LogP contribution in [-0.4, -0.2) is 11.5 Å². The van der Waals surface area contributed by atoms with Crippen molar-refractivity contribution in [2.75, 3.05) is 12.3 Å². The average Bonchev–Trinajstić information content (AvgIpc) is 3.28. The minimum Gasteiger partial charge on any atom is -0.396 e. The van der Waals surface area contributed by atoms with E-state index in [0.717, 1.165) is 23.6 Å². The molecule has 20 heavy (non-hydrogen) atoms. The van der Waals surface area contributed by atoms with Gasteiger partial charge in [-0.2, -0.15) is 0 Å². The van der Waals surface area contributed by atoms with E-state index in [1.165, 1.54) is 18.9 Å². The van der Waals surface area contributed by atoms with Crippen molar-refractivity contribution in [1.29, 1.82) is 0 Å². The van der Waals surface area contributed by atoms with Gasteiger partial charge in [0.15, 0.2) is 0 Å². The Balaban J connectivity index is 1.88. The van der Waals surface area contributed by atoms with Gasteiger partial charge in [-0.25, -0.2) is 4.39 Å².